The number of ether oxygens (including phenoxy) is 1. The van der Waals surface area contributed by atoms with Gasteiger partial charge < -0.3 is 15.0 Å². The third kappa shape index (κ3) is 3.99. The number of likely N-dealkylation sites (tertiary alicyclic amines) is 1. The molecule has 2 amide bonds. The van der Waals surface area contributed by atoms with Gasteiger partial charge in [-0.05, 0) is 49.6 Å². The number of carbonyl (C=O) groups is 2. The summed E-state index contributed by atoms with van der Waals surface area (Å²) in [6, 6.07) is 13.6. The zero-order valence-corrected chi connectivity index (χ0v) is 15.3. The molecule has 1 heterocycles. The molecular formula is C20H21ClN2O3. The maximum Gasteiger partial charge on any atom is 0.254 e. The van der Waals surface area contributed by atoms with Crippen molar-refractivity contribution in [2.75, 3.05) is 19.0 Å². The Hall–Kier alpha value is -2.53. The fourth-order valence-electron chi connectivity index (χ4n) is 3.16. The van der Waals surface area contributed by atoms with Gasteiger partial charge >= 0.3 is 0 Å². The molecule has 6 heteroatoms. The summed E-state index contributed by atoms with van der Waals surface area (Å²) in [7, 11) is 1.54. The molecule has 136 valence electrons. The van der Waals surface area contributed by atoms with E-state index in [-0.39, 0.29) is 11.8 Å². The Balaban J connectivity index is 1.76. The molecule has 1 saturated heterocycles. The van der Waals surface area contributed by atoms with Gasteiger partial charge in [0.1, 0.15) is 11.8 Å². The third-order valence-electron chi connectivity index (χ3n) is 4.51. The summed E-state index contributed by atoms with van der Waals surface area (Å²) in [5, 5.41) is 3.29. The third-order valence-corrected chi connectivity index (χ3v) is 4.80. The molecule has 1 N–H and O–H groups in total. The summed E-state index contributed by atoms with van der Waals surface area (Å²) in [5.74, 6) is 0.233. The molecule has 26 heavy (non-hydrogen) atoms. The van der Waals surface area contributed by atoms with Gasteiger partial charge in [0.25, 0.3) is 5.91 Å². The summed E-state index contributed by atoms with van der Waals surface area (Å²) in [5.41, 5.74) is 1.18. The van der Waals surface area contributed by atoms with Crippen LogP contribution in [0.3, 0.4) is 0 Å². The van der Waals surface area contributed by atoms with E-state index in [1.165, 1.54) is 7.11 Å². The predicted octanol–water partition coefficient (Wildman–Crippen LogP) is 3.98. The Morgan fingerprint density at radius 2 is 1.92 bits per heavy atom. The van der Waals surface area contributed by atoms with Crippen molar-refractivity contribution >= 4 is 29.1 Å². The standard InChI is InChI=1S/C20H21ClN2O3/c1-26-18-11-10-15(13-16(18)21)22-19(24)17-9-5-6-12-23(17)20(25)14-7-3-2-4-8-14/h2-4,7-8,10-11,13,17H,5-6,9,12H2,1H3,(H,22,24). The minimum Gasteiger partial charge on any atom is -0.495 e. The highest BCUT2D eigenvalue weighted by Crippen LogP contribution is 2.28. The monoisotopic (exact) mass is 372 g/mol. The van der Waals surface area contributed by atoms with Crippen LogP contribution in [0, 0.1) is 0 Å². The number of methoxy groups -OCH3 is 1. The molecule has 0 bridgehead atoms. The van der Waals surface area contributed by atoms with Crippen molar-refractivity contribution in [1.82, 2.24) is 4.90 Å². The number of amides is 2. The average Bonchev–Trinajstić information content (AvgIpc) is 2.68. The Labute approximate surface area is 157 Å². The Morgan fingerprint density at radius 3 is 2.62 bits per heavy atom. The first-order valence-electron chi connectivity index (χ1n) is 8.60. The van der Waals surface area contributed by atoms with Gasteiger partial charge in [-0.15, -0.1) is 0 Å². The topological polar surface area (TPSA) is 58.6 Å². The Bertz CT molecular complexity index is 795. The van der Waals surface area contributed by atoms with E-state index in [1.54, 1.807) is 35.2 Å². The van der Waals surface area contributed by atoms with Crippen LogP contribution in [0.1, 0.15) is 29.6 Å². The molecule has 2 aromatic rings. The Morgan fingerprint density at radius 1 is 1.15 bits per heavy atom. The number of hydrogen-bond donors (Lipinski definition) is 1. The highest BCUT2D eigenvalue weighted by atomic mass is 35.5. The second kappa shape index (κ2) is 8.23. The first-order chi connectivity index (χ1) is 12.6. The van der Waals surface area contributed by atoms with E-state index in [0.717, 1.165) is 12.8 Å². The number of halogens is 1. The van der Waals surface area contributed by atoms with Crippen molar-refractivity contribution in [3.05, 3.63) is 59.1 Å². The van der Waals surface area contributed by atoms with Crippen molar-refractivity contribution < 1.29 is 14.3 Å². The Kier molecular flexibility index (Phi) is 5.78. The van der Waals surface area contributed by atoms with Crippen LogP contribution in [0.25, 0.3) is 0 Å². The molecule has 2 aromatic carbocycles. The van der Waals surface area contributed by atoms with E-state index in [1.807, 2.05) is 18.2 Å². The molecule has 1 aliphatic rings. The van der Waals surface area contributed by atoms with E-state index in [4.69, 9.17) is 16.3 Å². The number of nitrogens with one attached hydrogen (secondary N) is 1. The van der Waals surface area contributed by atoms with E-state index >= 15 is 0 Å². The van der Waals surface area contributed by atoms with E-state index in [0.29, 0.717) is 35.0 Å². The lowest BCUT2D eigenvalue weighted by molar-refractivity contribution is -0.121. The normalized spacial score (nSPS) is 16.8. The fourth-order valence-corrected chi connectivity index (χ4v) is 3.42. The summed E-state index contributed by atoms with van der Waals surface area (Å²) >= 11 is 6.12. The molecule has 0 aromatic heterocycles. The minimum absolute atomic E-state index is 0.113. The molecule has 0 radical (unpaired) electrons. The molecule has 0 saturated carbocycles. The van der Waals surface area contributed by atoms with Crippen LogP contribution in [-0.2, 0) is 4.79 Å². The van der Waals surface area contributed by atoms with Crippen LogP contribution in [0.2, 0.25) is 5.02 Å². The second-order valence-corrected chi connectivity index (χ2v) is 6.62. The van der Waals surface area contributed by atoms with Crippen molar-refractivity contribution in [2.45, 2.75) is 25.3 Å². The number of nitrogens with zero attached hydrogens (tertiary/aromatic N) is 1. The smallest absolute Gasteiger partial charge is 0.254 e. The maximum absolute atomic E-state index is 12.8. The minimum atomic E-state index is -0.489. The van der Waals surface area contributed by atoms with Gasteiger partial charge in [-0.3, -0.25) is 9.59 Å². The highest BCUT2D eigenvalue weighted by molar-refractivity contribution is 6.32. The molecule has 5 nitrogen and oxygen atoms in total. The molecule has 1 aliphatic heterocycles. The van der Waals surface area contributed by atoms with Crippen molar-refractivity contribution in [1.29, 1.82) is 0 Å². The second-order valence-electron chi connectivity index (χ2n) is 6.21. The van der Waals surface area contributed by atoms with Crippen LogP contribution in [0.5, 0.6) is 5.75 Å². The number of rotatable bonds is 4. The average molecular weight is 373 g/mol. The molecule has 1 fully saturated rings. The van der Waals surface area contributed by atoms with Crippen LogP contribution in [0.4, 0.5) is 5.69 Å². The lowest BCUT2D eigenvalue weighted by Gasteiger charge is -2.34. The summed E-state index contributed by atoms with van der Waals surface area (Å²) < 4.78 is 5.12. The highest BCUT2D eigenvalue weighted by Gasteiger charge is 2.32. The number of benzene rings is 2. The van der Waals surface area contributed by atoms with Crippen LogP contribution in [0.15, 0.2) is 48.5 Å². The predicted molar refractivity (Wildman–Crippen MR) is 102 cm³/mol. The van der Waals surface area contributed by atoms with Gasteiger partial charge in [-0.25, -0.2) is 0 Å². The van der Waals surface area contributed by atoms with Gasteiger partial charge in [0.2, 0.25) is 5.91 Å². The fraction of sp³-hybridized carbons (Fsp3) is 0.300. The SMILES string of the molecule is COc1ccc(NC(=O)C2CCCCN2C(=O)c2ccccc2)cc1Cl. The molecule has 1 atom stereocenters. The van der Waals surface area contributed by atoms with E-state index in [2.05, 4.69) is 5.32 Å². The van der Waals surface area contributed by atoms with Crippen molar-refractivity contribution in [2.24, 2.45) is 0 Å². The van der Waals surface area contributed by atoms with Gasteiger partial charge in [-0.1, -0.05) is 29.8 Å². The zero-order chi connectivity index (χ0) is 18.5. The first kappa shape index (κ1) is 18.3. The zero-order valence-electron chi connectivity index (χ0n) is 14.6. The van der Waals surface area contributed by atoms with Crippen molar-refractivity contribution in [3.63, 3.8) is 0 Å². The quantitative estimate of drug-likeness (QED) is 0.883. The molecular weight excluding hydrogens is 352 g/mol. The van der Waals surface area contributed by atoms with E-state index in [9.17, 15) is 9.59 Å². The number of hydrogen-bond acceptors (Lipinski definition) is 3. The molecule has 3 rings (SSSR count). The first-order valence-corrected chi connectivity index (χ1v) is 8.98. The van der Waals surface area contributed by atoms with Gasteiger partial charge in [-0.2, -0.15) is 0 Å². The van der Waals surface area contributed by atoms with Gasteiger partial charge in [0.05, 0.1) is 12.1 Å². The molecule has 1 unspecified atom stereocenters. The summed E-state index contributed by atoms with van der Waals surface area (Å²) in [6.45, 7) is 0.579. The lowest BCUT2D eigenvalue weighted by atomic mass is 10.00. The van der Waals surface area contributed by atoms with Crippen molar-refractivity contribution in [3.8, 4) is 5.75 Å². The summed E-state index contributed by atoms with van der Waals surface area (Å²) in [6.07, 6.45) is 2.46. The van der Waals surface area contributed by atoms with Gasteiger partial charge in [0, 0.05) is 17.8 Å². The maximum atomic E-state index is 12.8. The largest absolute Gasteiger partial charge is 0.495 e. The van der Waals surface area contributed by atoms with E-state index < -0.39 is 6.04 Å². The molecule has 0 spiro atoms. The van der Waals surface area contributed by atoms with Gasteiger partial charge in [0.15, 0.2) is 0 Å². The molecule has 0 aliphatic carbocycles. The number of anilines is 1. The van der Waals surface area contributed by atoms with Crippen LogP contribution in [-0.4, -0.2) is 36.4 Å². The number of piperidine rings is 1. The summed E-state index contributed by atoms with van der Waals surface area (Å²) in [4.78, 5) is 27.3. The number of carbonyl (C=O) groups excluding carboxylic acids is 2. The van der Waals surface area contributed by atoms with Crippen LogP contribution < -0.4 is 10.1 Å². The lowest BCUT2D eigenvalue weighted by Crippen LogP contribution is -2.50. The van der Waals surface area contributed by atoms with Crippen LogP contribution >= 0.6 is 11.6 Å².